The lowest BCUT2D eigenvalue weighted by atomic mass is 10.0. The van der Waals surface area contributed by atoms with Crippen LogP contribution in [0.15, 0.2) is 10.5 Å². The zero-order chi connectivity index (χ0) is 13.9. The van der Waals surface area contributed by atoms with E-state index < -0.39 is 0 Å². The first-order chi connectivity index (χ1) is 9.72. The van der Waals surface area contributed by atoms with Gasteiger partial charge in [-0.05, 0) is 19.8 Å². The van der Waals surface area contributed by atoms with Gasteiger partial charge in [0, 0.05) is 25.4 Å². The third kappa shape index (κ3) is 2.82. The minimum atomic E-state index is 0.210. The number of nitrogens with zero attached hydrogens (tertiary/aromatic N) is 4. The molecule has 0 aromatic carbocycles. The summed E-state index contributed by atoms with van der Waals surface area (Å²) < 4.78 is 18.3. The van der Waals surface area contributed by atoms with Gasteiger partial charge in [0.2, 0.25) is 11.8 Å². The van der Waals surface area contributed by atoms with Crippen LogP contribution < -0.4 is 4.74 Å². The van der Waals surface area contributed by atoms with Gasteiger partial charge in [-0.2, -0.15) is 0 Å². The molecular formula is C13H18N4O3. The van der Waals surface area contributed by atoms with Crippen molar-refractivity contribution in [3.63, 3.8) is 0 Å². The lowest BCUT2D eigenvalue weighted by Crippen LogP contribution is -2.15. The van der Waals surface area contributed by atoms with Crippen LogP contribution >= 0.6 is 0 Å². The van der Waals surface area contributed by atoms with Gasteiger partial charge >= 0.3 is 0 Å². The zero-order valence-electron chi connectivity index (χ0n) is 11.7. The molecule has 20 heavy (non-hydrogen) atoms. The van der Waals surface area contributed by atoms with E-state index in [9.17, 15) is 0 Å². The van der Waals surface area contributed by atoms with Crippen LogP contribution in [0.25, 0.3) is 0 Å². The van der Waals surface area contributed by atoms with Crippen molar-refractivity contribution in [2.45, 2.75) is 32.3 Å². The molecule has 0 N–H and O–H groups in total. The molecule has 0 radical (unpaired) electrons. The van der Waals surface area contributed by atoms with E-state index in [0.29, 0.717) is 24.3 Å². The summed E-state index contributed by atoms with van der Waals surface area (Å²) in [5, 5.41) is 12.3. The van der Waals surface area contributed by atoms with Crippen LogP contribution in [0.1, 0.15) is 36.2 Å². The zero-order valence-corrected chi connectivity index (χ0v) is 11.7. The lowest BCUT2D eigenvalue weighted by molar-refractivity contribution is 0.0716. The molecule has 3 heterocycles. The molecule has 1 fully saturated rings. The highest BCUT2D eigenvalue weighted by Crippen LogP contribution is 2.24. The SMILES string of the molecule is Cc1cc(OCc2nnc(C3CCCOC3)o2)nn1C. The topological polar surface area (TPSA) is 75.2 Å². The minimum Gasteiger partial charge on any atom is -0.467 e. The third-order valence-electron chi connectivity index (χ3n) is 3.43. The van der Waals surface area contributed by atoms with E-state index in [1.54, 1.807) is 4.68 Å². The van der Waals surface area contributed by atoms with Crippen molar-refractivity contribution in [2.24, 2.45) is 7.05 Å². The average molecular weight is 278 g/mol. The molecule has 1 atom stereocenters. The molecular weight excluding hydrogens is 260 g/mol. The Labute approximate surface area is 116 Å². The first-order valence-corrected chi connectivity index (χ1v) is 6.76. The highest BCUT2D eigenvalue weighted by atomic mass is 16.5. The van der Waals surface area contributed by atoms with Gasteiger partial charge in [0.15, 0.2) is 6.61 Å². The van der Waals surface area contributed by atoms with Gasteiger partial charge < -0.3 is 13.9 Å². The van der Waals surface area contributed by atoms with Gasteiger partial charge in [-0.3, -0.25) is 4.68 Å². The Bertz CT molecular complexity index is 552. The smallest absolute Gasteiger partial charge is 0.253 e. The molecule has 108 valence electrons. The van der Waals surface area contributed by atoms with Gasteiger partial charge in [0.05, 0.1) is 12.5 Å². The molecule has 1 aliphatic rings. The van der Waals surface area contributed by atoms with Crippen molar-refractivity contribution in [3.05, 3.63) is 23.5 Å². The van der Waals surface area contributed by atoms with Crippen LogP contribution in [0, 0.1) is 6.92 Å². The maximum absolute atomic E-state index is 5.62. The normalized spacial score (nSPS) is 19.2. The molecule has 0 aliphatic carbocycles. The average Bonchev–Trinajstić information content (AvgIpc) is 3.05. The number of aryl methyl sites for hydroxylation is 2. The first kappa shape index (κ1) is 13.1. The van der Waals surface area contributed by atoms with E-state index in [-0.39, 0.29) is 12.5 Å². The second-order valence-corrected chi connectivity index (χ2v) is 4.98. The molecule has 7 nitrogen and oxygen atoms in total. The fraction of sp³-hybridized carbons (Fsp3) is 0.615. The molecule has 7 heteroatoms. The van der Waals surface area contributed by atoms with Gasteiger partial charge in [0.25, 0.3) is 5.89 Å². The first-order valence-electron chi connectivity index (χ1n) is 6.76. The Morgan fingerprint density at radius 2 is 2.35 bits per heavy atom. The van der Waals surface area contributed by atoms with Crippen LogP contribution in [0.5, 0.6) is 5.88 Å². The second kappa shape index (κ2) is 5.62. The van der Waals surface area contributed by atoms with E-state index in [1.165, 1.54) is 0 Å². The molecule has 0 amide bonds. The van der Waals surface area contributed by atoms with E-state index in [4.69, 9.17) is 13.9 Å². The molecule has 1 unspecified atom stereocenters. The summed E-state index contributed by atoms with van der Waals surface area (Å²) in [5.41, 5.74) is 1.03. The largest absolute Gasteiger partial charge is 0.467 e. The molecule has 0 spiro atoms. The van der Waals surface area contributed by atoms with Crippen LogP contribution in [-0.2, 0) is 18.4 Å². The number of ether oxygens (including phenoxy) is 2. The predicted molar refractivity (Wildman–Crippen MR) is 69.4 cm³/mol. The van der Waals surface area contributed by atoms with E-state index in [0.717, 1.165) is 25.1 Å². The molecule has 1 aliphatic heterocycles. The Morgan fingerprint density at radius 1 is 1.45 bits per heavy atom. The number of aromatic nitrogens is 4. The Morgan fingerprint density at radius 3 is 3.05 bits per heavy atom. The molecule has 2 aromatic rings. The van der Waals surface area contributed by atoms with Crippen molar-refractivity contribution >= 4 is 0 Å². The van der Waals surface area contributed by atoms with Gasteiger partial charge in [0.1, 0.15) is 0 Å². The van der Waals surface area contributed by atoms with Crippen LogP contribution in [-0.4, -0.2) is 33.2 Å². The summed E-state index contributed by atoms with van der Waals surface area (Å²) >= 11 is 0. The number of rotatable bonds is 4. The maximum Gasteiger partial charge on any atom is 0.253 e. The summed E-state index contributed by atoms with van der Waals surface area (Å²) in [6, 6.07) is 1.87. The number of hydrogen-bond acceptors (Lipinski definition) is 6. The van der Waals surface area contributed by atoms with Crippen LogP contribution in [0.2, 0.25) is 0 Å². The van der Waals surface area contributed by atoms with Gasteiger partial charge in [-0.15, -0.1) is 15.3 Å². The van der Waals surface area contributed by atoms with Crippen molar-refractivity contribution in [1.29, 1.82) is 0 Å². The number of hydrogen-bond donors (Lipinski definition) is 0. The summed E-state index contributed by atoms with van der Waals surface area (Å²) in [6.45, 7) is 3.67. The molecule has 1 saturated heterocycles. The van der Waals surface area contributed by atoms with Crippen molar-refractivity contribution in [3.8, 4) is 5.88 Å². The Hall–Kier alpha value is -1.89. The van der Waals surface area contributed by atoms with Crippen molar-refractivity contribution in [2.75, 3.05) is 13.2 Å². The van der Waals surface area contributed by atoms with E-state index >= 15 is 0 Å². The minimum absolute atomic E-state index is 0.210. The molecule has 0 bridgehead atoms. The second-order valence-electron chi connectivity index (χ2n) is 4.98. The standard InChI is InChI=1S/C13H18N4O3/c1-9-6-11(16-17(9)2)19-8-12-14-15-13(20-12)10-4-3-5-18-7-10/h6,10H,3-5,7-8H2,1-2H3. The lowest BCUT2D eigenvalue weighted by Gasteiger charge is -2.18. The Balaban J connectivity index is 1.59. The van der Waals surface area contributed by atoms with Crippen molar-refractivity contribution < 1.29 is 13.9 Å². The molecule has 2 aromatic heterocycles. The summed E-state index contributed by atoms with van der Waals surface area (Å²) in [5.74, 6) is 1.88. The van der Waals surface area contributed by atoms with Gasteiger partial charge in [-0.1, -0.05) is 0 Å². The monoisotopic (exact) mass is 278 g/mol. The molecule has 3 rings (SSSR count). The van der Waals surface area contributed by atoms with Crippen molar-refractivity contribution in [1.82, 2.24) is 20.0 Å². The summed E-state index contributed by atoms with van der Waals surface area (Å²) in [4.78, 5) is 0. The maximum atomic E-state index is 5.62. The highest BCUT2D eigenvalue weighted by molar-refractivity contribution is 5.13. The third-order valence-corrected chi connectivity index (χ3v) is 3.43. The highest BCUT2D eigenvalue weighted by Gasteiger charge is 2.22. The van der Waals surface area contributed by atoms with Crippen LogP contribution in [0.4, 0.5) is 0 Å². The quantitative estimate of drug-likeness (QED) is 0.845. The van der Waals surface area contributed by atoms with Crippen LogP contribution in [0.3, 0.4) is 0 Å². The summed E-state index contributed by atoms with van der Waals surface area (Å²) in [7, 11) is 1.87. The fourth-order valence-corrected chi connectivity index (χ4v) is 2.16. The summed E-state index contributed by atoms with van der Waals surface area (Å²) in [6.07, 6.45) is 2.06. The van der Waals surface area contributed by atoms with E-state index in [1.807, 2.05) is 20.0 Å². The van der Waals surface area contributed by atoms with Gasteiger partial charge in [-0.25, -0.2) is 0 Å². The molecule has 0 saturated carbocycles. The predicted octanol–water partition coefficient (Wildman–Crippen LogP) is 1.58. The Kier molecular flexibility index (Phi) is 3.68. The van der Waals surface area contributed by atoms with E-state index in [2.05, 4.69) is 15.3 Å². The fourth-order valence-electron chi connectivity index (χ4n) is 2.16.